The minimum atomic E-state index is -1.63. The molecule has 43 heavy (non-hydrogen) atoms. The smallest absolute Gasteiger partial charge is 0.411 e. The lowest BCUT2D eigenvalue weighted by Crippen LogP contribution is -2.56. The molecule has 0 aliphatic carbocycles. The van der Waals surface area contributed by atoms with Gasteiger partial charge in [-0.05, 0) is 29.2 Å². The molecule has 0 saturated carbocycles. The number of nitro benzene ring substituents is 1. The number of carbonyl (C=O) groups excluding carboxylic acids is 3. The van der Waals surface area contributed by atoms with E-state index in [2.05, 4.69) is 5.32 Å². The van der Waals surface area contributed by atoms with Crippen molar-refractivity contribution < 1.29 is 38.7 Å². The average Bonchev–Trinajstić information content (AvgIpc) is 3.01. The van der Waals surface area contributed by atoms with Gasteiger partial charge in [0.2, 0.25) is 5.91 Å². The minimum Gasteiger partial charge on any atom is -0.480 e. The number of carboxylic acid groups (broad SMARTS) is 1. The van der Waals surface area contributed by atoms with Crippen LogP contribution in [-0.4, -0.2) is 57.6 Å². The molecule has 224 valence electrons. The summed E-state index contributed by atoms with van der Waals surface area (Å²) in [4.78, 5) is 63.9. The van der Waals surface area contributed by atoms with Gasteiger partial charge < -0.3 is 19.9 Å². The fraction of sp³-hybridized carbons (Fsp3) is 0.290. The number of nitro groups is 1. The van der Waals surface area contributed by atoms with Crippen LogP contribution < -0.4 is 5.32 Å². The van der Waals surface area contributed by atoms with E-state index >= 15 is 0 Å². The van der Waals surface area contributed by atoms with Gasteiger partial charge in [0.1, 0.15) is 18.7 Å². The number of nitrogens with one attached hydrogen (secondary N) is 1. The Morgan fingerprint density at radius 2 is 1.63 bits per heavy atom. The van der Waals surface area contributed by atoms with E-state index in [4.69, 9.17) is 9.47 Å². The summed E-state index contributed by atoms with van der Waals surface area (Å²) in [5.74, 6) is -4.02. The van der Waals surface area contributed by atoms with Gasteiger partial charge in [-0.3, -0.25) is 24.6 Å². The Hall–Kier alpha value is -5.26. The first-order valence-corrected chi connectivity index (χ1v) is 13.6. The molecule has 0 bridgehead atoms. The second-order valence-electron chi connectivity index (χ2n) is 9.95. The minimum absolute atomic E-state index is 0.0222. The summed E-state index contributed by atoms with van der Waals surface area (Å²) in [5, 5.41) is 23.9. The van der Waals surface area contributed by atoms with Crippen molar-refractivity contribution in [3.05, 3.63) is 111 Å². The standard InChI is InChI=1S/C31H31N3O9/c1-2-42-27(35)17-25(21-12-14-24(15-13-21)34(40)41)28(30(37)38)32-29(36)26-16-22-10-6-7-11-23(22)18-33(26)31(39)43-19-20-8-4-3-5-9-20/h3-15,25-26,28H,2,16-19H2,1H3,(H,32,36)(H,37,38)/t25-,26-,28-/m0/s1. The number of hydrogen-bond acceptors (Lipinski definition) is 8. The number of nitrogens with zero attached hydrogens (tertiary/aromatic N) is 2. The number of carbonyl (C=O) groups is 4. The van der Waals surface area contributed by atoms with Crippen LogP contribution in [0.15, 0.2) is 78.9 Å². The third kappa shape index (κ3) is 7.73. The summed E-state index contributed by atoms with van der Waals surface area (Å²) in [6, 6.07) is 18.7. The van der Waals surface area contributed by atoms with E-state index in [9.17, 15) is 34.4 Å². The molecule has 4 rings (SSSR count). The fourth-order valence-electron chi connectivity index (χ4n) is 5.01. The number of carboxylic acids is 1. The predicted octanol–water partition coefficient (Wildman–Crippen LogP) is 3.96. The molecule has 1 heterocycles. The molecule has 12 heteroatoms. The molecule has 12 nitrogen and oxygen atoms in total. The van der Waals surface area contributed by atoms with Crippen LogP contribution in [0.4, 0.5) is 10.5 Å². The summed E-state index contributed by atoms with van der Waals surface area (Å²) in [6.07, 6.45) is -1.06. The lowest BCUT2D eigenvalue weighted by atomic mass is 9.87. The van der Waals surface area contributed by atoms with E-state index in [-0.39, 0.29) is 37.4 Å². The highest BCUT2D eigenvalue weighted by Crippen LogP contribution is 2.29. The number of aliphatic carboxylic acids is 1. The molecule has 0 unspecified atom stereocenters. The van der Waals surface area contributed by atoms with Crippen LogP contribution in [0.1, 0.15) is 41.5 Å². The van der Waals surface area contributed by atoms with E-state index in [0.29, 0.717) is 0 Å². The molecular formula is C31H31N3O9. The summed E-state index contributed by atoms with van der Waals surface area (Å²) < 4.78 is 10.6. The zero-order chi connectivity index (χ0) is 30.9. The fourth-order valence-corrected chi connectivity index (χ4v) is 5.01. The molecule has 0 fully saturated rings. The van der Waals surface area contributed by atoms with Gasteiger partial charge in [-0.2, -0.15) is 0 Å². The second-order valence-corrected chi connectivity index (χ2v) is 9.95. The van der Waals surface area contributed by atoms with Crippen molar-refractivity contribution in [2.75, 3.05) is 6.61 Å². The van der Waals surface area contributed by atoms with Gasteiger partial charge >= 0.3 is 18.0 Å². The molecule has 0 spiro atoms. The number of rotatable bonds is 11. The Morgan fingerprint density at radius 3 is 2.26 bits per heavy atom. The van der Waals surface area contributed by atoms with Gasteiger partial charge in [0, 0.05) is 24.5 Å². The molecule has 3 aromatic carbocycles. The monoisotopic (exact) mass is 589 g/mol. The van der Waals surface area contributed by atoms with Crippen molar-refractivity contribution in [2.45, 2.75) is 50.9 Å². The number of amides is 2. The molecule has 2 N–H and O–H groups in total. The number of esters is 1. The SMILES string of the molecule is CCOC(=O)C[C@@H](c1ccc([N+](=O)[O-])cc1)[C@H](NC(=O)[C@@H]1Cc2ccccc2CN1C(=O)OCc1ccccc1)C(=O)O. The zero-order valence-corrected chi connectivity index (χ0v) is 23.4. The first kappa shape index (κ1) is 30.7. The highest BCUT2D eigenvalue weighted by atomic mass is 16.6. The van der Waals surface area contributed by atoms with Crippen LogP contribution in [0.25, 0.3) is 0 Å². The van der Waals surface area contributed by atoms with Crippen LogP contribution in [0.5, 0.6) is 0 Å². The lowest BCUT2D eigenvalue weighted by molar-refractivity contribution is -0.384. The lowest BCUT2D eigenvalue weighted by Gasteiger charge is -2.36. The molecule has 2 amide bonds. The Kier molecular flexibility index (Phi) is 10.0. The highest BCUT2D eigenvalue weighted by molar-refractivity contribution is 5.90. The van der Waals surface area contributed by atoms with Crippen molar-refractivity contribution in [2.24, 2.45) is 0 Å². The van der Waals surface area contributed by atoms with Crippen molar-refractivity contribution in [1.29, 1.82) is 0 Å². The maximum atomic E-state index is 13.8. The van der Waals surface area contributed by atoms with Gasteiger partial charge in [0.25, 0.3) is 5.69 Å². The molecule has 1 aliphatic rings. The van der Waals surface area contributed by atoms with Crippen LogP contribution in [-0.2, 0) is 43.4 Å². The van der Waals surface area contributed by atoms with E-state index in [1.165, 1.54) is 29.2 Å². The highest BCUT2D eigenvalue weighted by Gasteiger charge is 2.40. The Labute approximate surface area is 247 Å². The Bertz CT molecular complexity index is 1480. The van der Waals surface area contributed by atoms with Gasteiger partial charge in [-0.15, -0.1) is 0 Å². The van der Waals surface area contributed by atoms with Crippen LogP contribution in [0, 0.1) is 10.1 Å². The van der Waals surface area contributed by atoms with Crippen LogP contribution >= 0.6 is 0 Å². The van der Waals surface area contributed by atoms with Gasteiger partial charge in [-0.1, -0.05) is 66.7 Å². The summed E-state index contributed by atoms with van der Waals surface area (Å²) in [5.41, 5.74) is 2.45. The molecule has 0 aromatic heterocycles. The number of fused-ring (bicyclic) bond motifs is 1. The number of ether oxygens (including phenoxy) is 2. The van der Waals surface area contributed by atoms with Crippen molar-refractivity contribution in [1.82, 2.24) is 10.2 Å². The van der Waals surface area contributed by atoms with Crippen LogP contribution in [0.3, 0.4) is 0 Å². The maximum Gasteiger partial charge on any atom is 0.411 e. The van der Waals surface area contributed by atoms with Crippen molar-refractivity contribution in [3.63, 3.8) is 0 Å². The first-order chi connectivity index (χ1) is 20.7. The number of hydrogen-bond donors (Lipinski definition) is 2. The normalized spacial score (nSPS) is 15.4. The summed E-state index contributed by atoms with van der Waals surface area (Å²) in [6.45, 7) is 1.69. The largest absolute Gasteiger partial charge is 0.480 e. The molecule has 3 aromatic rings. The van der Waals surface area contributed by atoms with Crippen molar-refractivity contribution in [3.8, 4) is 0 Å². The average molecular weight is 590 g/mol. The maximum absolute atomic E-state index is 13.8. The third-order valence-corrected chi connectivity index (χ3v) is 7.18. The molecule has 0 saturated heterocycles. The zero-order valence-electron chi connectivity index (χ0n) is 23.4. The van der Waals surface area contributed by atoms with Crippen LogP contribution in [0.2, 0.25) is 0 Å². The third-order valence-electron chi connectivity index (χ3n) is 7.18. The number of benzene rings is 3. The number of non-ortho nitro benzene ring substituents is 1. The quantitative estimate of drug-likeness (QED) is 0.191. The summed E-state index contributed by atoms with van der Waals surface area (Å²) >= 11 is 0. The van der Waals surface area contributed by atoms with Gasteiger partial charge in [0.15, 0.2) is 0 Å². The van der Waals surface area contributed by atoms with E-state index in [0.717, 1.165) is 16.7 Å². The van der Waals surface area contributed by atoms with Gasteiger partial charge in [0.05, 0.1) is 24.5 Å². The Balaban J connectivity index is 1.61. The molecule has 3 atom stereocenters. The summed E-state index contributed by atoms with van der Waals surface area (Å²) in [7, 11) is 0. The topological polar surface area (TPSA) is 165 Å². The van der Waals surface area contributed by atoms with E-state index in [1.807, 2.05) is 24.3 Å². The van der Waals surface area contributed by atoms with Gasteiger partial charge in [-0.25, -0.2) is 9.59 Å². The second kappa shape index (κ2) is 14.1. The molecular weight excluding hydrogens is 558 g/mol. The van der Waals surface area contributed by atoms with E-state index < -0.39 is 53.3 Å². The predicted molar refractivity (Wildman–Crippen MR) is 153 cm³/mol. The first-order valence-electron chi connectivity index (χ1n) is 13.6. The molecule has 0 radical (unpaired) electrons. The van der Waals surface area contributed by atoms with Crippen molar-refractivity contribution >= 4 is 29.6 Å². The van der Waals surface area contributed by atoms with E-state index in [1.54, 1.807) is 37.3 Å². The Morgan fingerprint density at radius 1 is 0.977 bits per heavy atom. The molecule has 1 aliphatic heterocycles.